The van der Waals surface area contributed by atoms with Crippen LogP contribution >= 0.6 is 0 Å². The maximum Gasteiger partial charge on any atom is 0.279 e. The Bertz CT molecular complexity index is 599. The Labute approximate surface area is 131 Å². The first-order valence-electron chi connectivity index (χ1n) is 7.59. The van der Waals surface area contributed by atoms with Crippen molar-refractivity contribution in [3.8, 4) is 5.75 Å². The highest BCUT2D eigenvalue weighted by Crippen LogP contribution is 2.27. The van der Waals surface area contributed by atoms with Crippen molar-refractivity contribution < 1.29 is 17.9 Å². The van der Waals surface area contributed by atoms with E-state index in [9.17, 15) is 8.42 Å². The fraction of sp³-hybridized carbons (Fsp3) is 0.600. The summed E-state index contributed by atoms with van der Waals surface area (Å²) in [6.07, 6.45) is 0.400. The minimum Gasteiger partial charge on any atom is -0.488 e. The highest BCUT2D eigenvalue weighted by molar-refractivity contribution is 7.87. The second kappa shape index (κ2) is 6.16. The fourth-order valence-corrected chi connectivity index (χ4v) is 4.38. The zero-order chi connectivity index (χ0) is 15.7. The number of morpholine rings is 1. The zero-order valence-corrected chi connectivity index (χ0v) is 13.7. The number of para-hydroxylation sites is 1. The molecule has 0 saturated carbocycles. The number of ether oxygens (including phenoxy) is 2. The van der Waals surface area contributed by atoms with E-state index in [4.69, 9.17) is 9.47 Å². The van der Waals surface area contributed by atoms with Crippen LogP contribution in [-0.2, 0) is 21.4 Å². The van der Waals surface area contributed by atoms with Gasteiger partial charge in [0.15, 0.2) is 0 Å². The lowest BCUT2D eigenvalue weighted by atomic mass is 10.1. The van der Waals surface area contributed by atoms with E-state index in [2.05, 4.69) is 4.72 Å². The number of nitrogens with one attached hydrogen (secondary N) is 1. The van der Waals surface area contributed by atoms with Crippen LogP contribution in [0.2, 0.25) is 0 Å². The third kappa shape index (κ3) is 3.43. The maximum absolute atomic E-state index is 12.4. The molecule has 2 aliphatic rings. The zero-order valence-electron chi connectivity index (χ0n) is 12.9. The van der Waals surface area contributed by atoms with E-state index in [-0.39, 0.29) is 24.9 Å². The van der Waals surface area contributed by atoms with Gasteiger partial charge in [0.05, 0.1) is 12.2 Å². The summed E-state index contributed by atoms with van der Waals surface area (Å²) in [5.74, 6) is 0.848. The monoisotopic (exact) mass is 326 g/mol. The van der Waals surface area contributed by atoms with Crippen molar-refractivity contribution in [1.29, 1.82) is 0 Å². The molecule has 22 heavy (non-hydrogen) atoms. The molecule has 0 bridgehead atoms. The van der Waals surface area contributed by atoms with E-state index in [0.717, 1.165) is 17.7 Å². The first-order chi connectivity index (χ1) is 10.4. The van der Waals surface area contributed by atoms with Crippen LogP contribution in [0.15, 0.2) is 24.3 Å². The van der Waals surface area contributed by atoms with E-state index in [1.807, 2.05) is 38.1 Å². The molecule has 3 unspecified atom stereocenters. The van der Waals surface area contributed by atoms with Crippen LogP contribution in [0, 0.1) is 0 Å². The topological polar surface area (TPSA) is 67.9 Å². The SMILES string of the molecule is CC1CN(S(=O)(=O)NCC2Cc3ccccc3O2)CC(C)O1. The Morgan fingerprint density at radius 2 is 1.91 bits per heavy atom. The molecule has 7 heteroatoms. The van der Waals surface area contributed by atoms with Gasteiger partial charge in [-0.25, -0.2) is 0 Å². The van der Waals surface area contributed by atoms with Gasteiger partial charge in [0.2, 0.25) is 0 Å². The summed E-state index contributed by atoms with van der Waals surface area (Å²) in [6, 6.07) is 7.80. The molecule has 6 nitrogen and oxygen atoms in total. The van der Waals surface area contributed by atoms with Crippen molar-refractivity contribution >= 4 is 10.2 Å². The molecule has 1 aromatic carbocycles. The van der Waals surface area contributed by atoms with Gasteiger partial charge in [0.25, 0.3) is 10.2 Å². The average Bonchev–Trinajstić information content (AvgIpc) is 2.87. The summed E-state index contributed by atoms with van der Waals surface area (Å²) in [6.45, 7) is 4.80. The minimum absolute atomic E-state index is 0.0905. The van der Waals surface area contributed by atoms with Crippen LogP contribution < -0.4 is 9.46 Å². The highest BCUT2D eigenvalue weighted by atomic mass is 32.2. The lowest BCUT2D eigenvalue weighted by Gasteiger charge is -2.34. The molecule has 2 heterocycles. The Kier molecular flexibility index (Phi) is 4.40. The molecular formula is C15H22N2O4S. The van der Waals surface area contributed by atoms with E-state index >= 15 is 0 Å². The van der Waals surface area contributed by atoms with Gasteiger partial charge in [-0.2, -0.15) is 17.4 Å². The van der Waals surface area contributed by atoms with Crippen molar-refractivity contribution in [2.75, 3.05) is 19.6 Å². The van der Waals surface area contributed by atoms with E-state index in [1.54, 1.807) is 0 Å². The largest absolute Gasteiger partial charge is 0.488 e. The number of benzene rings is 1. The predicted molar refractivity (Wildman–Crippen MR) is 83.1 cm³/mol. The van der Waals surface area contributed by atoms with E-state index in [0.29, 0.717) is 13.1 Å². The number of hydrogen-bond donors (Lipinski definition) is 1. The van der Waals surface area contributed by atoms with Crippen LogP contribution in [0.3, 0.4) is 0 Å². The Balaban J connectivity index is 1.57. The molecule has 3 atom stereocenters. The van der Waals surface area contributed by atoms with Gasteiger partial charge in [-0.05, 0) is 25.5 Å². The van der Waals surface area contributed by atoms with Crippen molar-refractivity contribution in [1.82, 2.24) is 9.03 Å². The minimum atomic E-state index is -3.50. The normalized spacial score (nSPS) is 29.1. The van der Waals surface area contributed by atoms with Crippen LogP contribution in [-0.4, -0.2) is 50.7 Å². The molecule has 1 N–H and O–H groups in total. The summed E-state index contributed by atoms with van der Waals surface area (Å²) in [5, 5.41) is 0. The molecule has 3 rings (SSSR count). The highest BCUT2D eigenvalue weighted by Gasteiger charge is 2.32. The summed E-state index contributed by atoms with van der Waals surface area (Å²) >= 11 is 0. The predicted octanol–water partition coefficient (Wildman–Crippen LogP) is 0.934. The van der Waals surface area contributed by atoms with E-state index < -0.39 is 10.2 Å². The maximum atomic E-state index is 12.4. The number of nitrogens with zero attached hydrogens (tertiary/aromatic N) is 1. The molecule has 0 aromatic heterocycles. The summed E-state index contributed by atoms with van der Waals surface area (Å²) in [4.78, 5) is 0. The number of fused-ring (bicyclic) bond motifs is 1. The van der Waals surface area contributed by atoms with Gasteiger partial charge in [-0.15, -0.1) is 0 Å². The quantitative estimate of drug-likeness (QED) is 0.894. The standard InChI is InChI=1S/C15H22N2O4S/c1-11-9-17(10-12(2)20-11)22(18,19)16-8-14-7-13-5-3-4-6-15(13)21-14/h3-6,11-12,14,16H,7-10H2,1-2H3. The van der Waals surface area contributed by atoms with Crippen LogP contribution in [0.1, 0.15) is 19.4 Å². The van der Waals surface area contributed by atoms with Crippen molar-refractivity contribution in [2.24, 2.45) is 0 Å². The van der Waals surface area contributed by atoms with Gasteiger partial charge in [0.1, 0.15) is 11.9 Å². The average molecular weight is 326 g/mol. The molecule has 0 radical (unpaired) electrons. The van der Waals surface area contributed by atoms with Crippen molar-refractivity contribution in [2.45, 2.75) is 38.6 Å². The first kappa shape index (κ1) is 15.7. The number of hydrogen-bond acceptors (Lipinski definition) is 4. The second-order valence-electron chi connectivity index (χ2n) is 5.98. The molecule has 1 aromatic rings. The number of rotatable bonds is 4. The Morgan fingerprint density at radius 1 is 1.23 bits per heavy atom. The smallest absolute Gasteiger partial charge is 0.279 e. The van der Waals surface area contributed by atoms with Crippen LogP contribution in [0.25, 0.3) is 0 Å². The fourth-order valence-electron chi connectivity index (χ4n) is 2.98. The van der Waals surface area contributed by atoms with Gasteiger partial charge >= 0.3 is 0 Å². The third-order valence-electron chi connectivity index (χ3n) is 3.93. The molecule has 0 aliphatic carbocycles. The van der Waals surface area contributed by atoms with E-state index in [1.165, 1.54) is 4.31 Å². The molecule has 0 amide bonds. The molecular weight excluding hydrogens is 304 g/mol. The molecule has 1 saturated heterocycles. The van der Waals surface area contributed by atoms with Gasteiger partial charge < -0.3 is 9.47 Å². The summed E-state index contributed by atoms with van der Waals surface area (Å²) < 4.78 is 40.3. The molecule has 0 spiro atoms. The molecule has 1 fully saturated rings. The van der Waals surface area contributed by atoms with Crippen molar-refractivity contribution in [3.63, 3.8) is 0 Å². The lowest BCUT2D eigenvalue weighted by molar-refractivity contribution is -0.0444. The van der Waals surface area contributed by atoms with Crippen LogP contribution in [0.5, 0.6) is 5.75 Å². The Morgan fingerprint density at radius 3 is 2.59 bits per heavy atom. The second-order valence-corrected chi connectivity index (χ2v) is 7.73. The molecule has 2 aliphatic heterocycles. The third-order valence-corrected chi connectivity index (χ3v) is 5.44. The Hall–Kier alpha value is -1.15. The van der Waals surface area contributed by atoms with Crippen LogP contribution in [0.4, 0.5) is 0 Å². The van der Waals surface area contributed by atoms with Gasteiger partial charge in [0, 0.05) is 26.1 Å². The summed E-state index contributed by atoms with van der Waals surface area (Å²) in [7, 11) is -3.50. The van der Waals surface area contributed by atoms with Gasteiger partial charge in [-0.1, -0.05) is 18.2 Å². The summed E-state index contributed by atoms with van der Waals surface area (Å²) in [5.41, 5.74) is 1.13. The van der Waals surface area contributed by atoms with Crippen molar-refractivity contribution in [3.05, 3.63) is 29.8 Å². The van der Waals surface area contributed by atoms with Gasteiger partial charge in [-0.3, -0.25) is 0 Å². The first-order valence-corrected chi connectivity index (χ1v) is 9.03. The molecule has 122 valence electrons. The lowest BCUT2D eigenvalue weighted by Crippen LogP contribution is -2.53.